The molecule has 5 nitrogen and oxygen atoms in total. The van der Waals surface area contributed by atoms with E-state index in [9.17, 15) is 14.4 Å². The Balaban J connectivity index is 2.29. The number of aryl methyl sites for hydroxylation is 2. The second-order valence-corrected chi connectivity index (χ2v) is 5.48. The van der Waals surface area contributed by atoms with Gasteiger partial charge in [-0.25, -0.2) is 0 Å². The van der Waals surface area contributed by atoms with Gasteiger partial charge in [0, 0.05) is 18.2 Å². The first kappa shape index (κ1) is 17.4. The standard InChI is InChI=1S/C19H19NO4/c1-12-8-7-9-13(2)16(12)20-19(23)18(24-14(3)21)17(22)15-10-5-4-6-11-15/h4-11,18H,1-3H3,(H,20,23). The van der Waals surface area contributed by atoms with E-state index in [1.165, 1.54) is 0 Å². The molecule has 1 N–H and O–H groups in total. The molecule has 0 bridgehead atoms. The van der Waals surface area contributed by atoms with Gasteiger partial charge in [-0.05, 0) is 25.0 Å². The number of ketones is 1. The lowest BCUT2D eigenvalue weighted by molar-refractivity contribution is -0.149. The van der Waals surface area contributed by atoms with Gasteiger partial charge in [0.15, 0.2) is 0 Å². The summed E-state index contributed by atoms with van der Waals surface area (Å²) in [6.45, 7) is 4.86. The highest BCUT2D eigenvalue weighted by Crippen LogP contribution is 2.20. The average molecular weight is 325 g/mol. The molecule has 0 radical (unpaired) electrons. The number of amides is 1. The van der Waals surface area contributed by atoms with E-state index >= 15 is 0 Å². The van der Waals surface area contributed by atoms with Crippen molar-refractivity contribution >= 4 is 23.3 Å². The summed E-state index contributed by atoms with van der Waals surface area (Å²) in [7, 11) is 0. The van der Waals surface area contributed by atoms with Gasteiger partial charge in [0.1, 0.15) is 0 Å². The Labute approximate surface area is 140 Å². The minimum atomic E-state index is -1.52. The van der Waals surface area contributed by atoms with Crippen molar-refractivity contribution in [3.05, 3.63) is 65.2 Å². The SMILES string of the molecule is CC(=O)OC(C(=O)Nc1c(C)cccc1C)C(=O)c1ccccc1. The van der Waals surface area contributed by atoms with Gasteiger partial charge in [-0.3, -0.25) is 14.4 Å². The summed E-state index contributed by atoms with van der Waals surface area (Å²) in [6.07, 6.45) is -1.52. The molecule has 1 unspecified atom stereocenters. The van der Waals surface area contributed by atoms with E-state index < -0.39 is 23.8 Å². The Bertz CT molecular complexity index is 748. The summed E-state index contributed by atoms with van der Waals surface area (Å²) < 4.78 is 4.98. The third-order valence-electron chi connectivity index (χ3n) is 3.55. The molecule has 0 spiro atoms. The Hall–Kier alpha value is -2.95. The zero-order valence-electron chi connectivity index (χ0n) is 13.8. The Morgan fingerprint density at radius 1 is 0.917 bits per heavy atom. The number of rotatable bonds is 5. The molecule has 2 aromatic rings. The molecule has 0 aromatic heterocycles. The molecule has 0 aliphatic rings. The lowest BCUT2D eigenvalue weighted by Gasteiger charge is -2.18. The second-order valence-electron chi connectivity index (χ2n) is 5.48. The van der Waals surface area contributed by atoms with Crippen molar-refractivity contribution in [1.29, 1.82) is 0 Å². The normalized spacial score (nSPS) is 11.5. The summed E-state index contributed by atoms with van der Waals surface area (Å²) in [6, 6.07) is 13.8. The van der Waals surface area contributed by atoms with Crippen LogP contribution in [-0.2, 0) is 14.3 Å². The third-order valence-corrected chi connectivity index (χ3v) is 3.55. The van der Waals surface area contributed by atoms with Gasteiger partial charge in [0.2, 0.25) is 11.9 Å². The van der Waals surface area contributed by atoms with Gasteiger partial charge in [0.25, 0.3) is 5.91 Å². The van der Waals surface area contributed by atoms with Gasteiger partial charge in [-0.15, -0.1) is 0 Å². The number of carbonyl (C=O) groups excluding carboxylic acids is 3. The molecule has 0 aliphatic heterocycles. The highest BCUT2D eigenvalue weighted by atomic mass is 16.5. The van der Waals surface area contributed by atoms with Crippen LogP contribution in [-0.4, -0.2) is 23.8 Å². The number of carbonyl (C=O) groups is 3. The van der Waals surface area contributed by atoms with E-state index in [0.29, 0.717) is 11.3 Å². The molecule has 2 rings (SSSR count). The summed E-state index contributed by atoms with van der Waals surface area (Å²) in [4.78, 5) is 36.4. The maximum absolute atomic E-state index is 12.6. The van der Waals surface area contributed by atoms with Crippen LogP contribution in [0.5, 0.6) is 0 Å². The zero-order valence-corrected chi connectivity index (χ0v) is 13.8. The molecule has 0 saturated carbocycles. The lowest BCUT2D eigenvalue weighted by atomic mass is 10.0. The fourth-order valence-electron chi connectivity index (χ4n) is 2.35. The molecular formula is C19H19NO4. The van der Waals surface area contributed by atoms with Gasteiger partial charge in [-0.1, -0.05) is 48.5 Å². The van der Waals surface area contributed by atoms with Crippen LogP contribution >= 0.6 is 0 Å². The first-order chi connectivity index (χ1) is 11.4. The number of para-hydroxylation sites is 1. The molecule has 2 aromatic carbocycles. The van der Waals surface area contributed by atoms with E-state index in [1.807, 2.05) is 32.0 Å². The van der Waals surface area contributed by atoms with Crippen LogP contribution in [0, 0.1) is 13.8 Å². The smallest absolute Gasteiger partial charge is 0.303 e. The van der Waals surface area contributed by atoms with Crippen molar-refractivity contribution in [1.82, 2.24) is 0 Å². The maximum Gasteiger partial charge on any atom is 0.303 e. The van der Waals surface area contributed by atoms with Crippen molar-refractivity contribution in [2.75, 3.05) is 5.32 Å². The molecule has 24 heavy (non-hydrogen) atoms. The molecule has 0 fully saturated rings. The Morgan fingerprint density at radius 2 is 1.50 bits per heavy atom. The van der Waals surface area contributed by atoms with Crippen LogP contribution in [0.25, 0.3) is 0 Å². The van der Waals surface area contributed by atoms with Gasteiger partial charge < -0.3 is 10.1 Å². The fraction of sp³-hybridized carbons (Fsp3) is 0.211. The molecular weight excluding hydrogens is 306 g/mol. The minimum absolute atomic E-state index is 0.306. The van der Waals surface area contributed by atoms with Gasteiger partial charge >= 0.3 is 5.97 Å². The predicted octanol–water partition coefficient (Wildman–Crippen LogP) is 3.06. The molecule has 0 aliphatic carbocycles. The van der Waals surface area contributed by atoms with Crippen LogP contribution in [0.1, 0.15) is 28.4 Å². The predicted molar refractivity (Wildman–Crippen MR) is 90.9 cm³/mol. The van der Waals surface area contributed by atoms with Crippen molar-refractivity contribution in [3.63, 3.8) is 0 Å². The highest BCUT2D eigenvalue weighted by Gasteiger charge is 2.31. The molecule has 0 saturated heterocycles. The Morgan fingerprint density at radius 3 is 2.04 bits per heavy atom. The van der Waals surface area contributed by atoms with Crippen LogP contribution in [0.2, 0.25) is 0 Å². The monoisotopic (exact) mass is 325 g/mol. The van der Waals surface area contributed by atoms with Crippen LogP contribution in [0.3, 0.4) is 0 Å². The summed E-state index contributed by atoms with van der Waals surface area (Å²) in [5, 5.41) is 2.70. The summed E-state index contributed by atoms with van der Waals surface area (Å²) in [5.74, 6) is -1.92. The molecule has 0 heterocycles. The molecule has 124 valence electrons. The van der Waals surface area contributed by atoms with Crippen molar-refractivity contribution in [3.8, 4) is 0 Å². The number of benzene rings is 2. The topological polar surface area (TPSA) is 72.5 Å². The van der Waals surface area contributed by atoms with Crippen molar-refractivity contribution in [2.24, 2.45) is 0 Å². The number of ether oxygens (including phenoxy) is 1. The second kappa shape index (κ2) is 7.55. The lowest BCUT2D eigenvalue weighted by Crippen LogP contribution is -2.39. The first-order valence-corrected chi connectivity index (χ1v) is 7.53. The zero-order chi connectivity index (χ0) is 17.7. The van der Waals surface area contributed by atoms with E-state index in [-0.39, 0.29) is 0 Å². The third kappa shape index (κ3) is 4.07. The summed E-state index contributed by atoms with van der Waals surface area (Å²) >= 11 is 0. The van der Waals surface area contributed by atoms with E-state index in [0.717, 1.165) is 18.1 Å². The number of Topliss-reactive ketones (excluding diaryl/α,β-unsaturated/α-hetero) is 1. The largest absolute Gasteiger partial charge is 0.444 e. The Kier molecular flexibility index (Phi) is 5.47. The maximum atomic E-state index is 12.6. The average Bonchev–Trinajstić information content (AvgIpc) is 2.56. The molecule has 1 atom stereocenters. The van der Waals surface area contributed by atoms with Crippen molar-refractivity contribution < 1.29 is 19.1 Å². The molecule has 5 heteroatoms. The van der Waals surface area contributed by atoms with Crippen LogP contribution in [0.4, 0.5) is 5.69 Å². The highest BCUT2D eigenvalue weighted by molar-refractivity contribution is 6.17. The van der Waals surface area contributed by atoms with Gasteiger partial charge in [0.05, 0.1) is 0 Å². The number of hydrogen-bond donors (Lipinski definition) is 1. The number of anilines is 1. The van der Waals surface area contributed by atoms with Crippen LogP contribution in [0.15, 0.2) is 48.5 Å². The fourth-order valence-corrected chi connectivity index (χ4v) is 2.35. The molecule has 1 amide bonds. The minimum Gasteiger partial charge on any atom is -0.444 e. The van der Waals surface area contributed by atoms with Crippen LogP contribution < -0.4 is 5.32 Å². The van der Waals surface area contributed by atoms with Crippen molar-refractivity contribution in [2.45, 2.75) is 26.9 Å². The number of hydrogen-bond acceptors (Lipinski definition) is 4. The number of esters is 1. The van der Waals surface area contributed by atoms with E-state index in [4.69, 9.17) is 4.74 Å². The first-order valence-electron chi connectivity index (χ1n) is 7.53. The number of nitrogens with one attached hydrogen (secondary N) is 1. The van der Waals surface area contributed by atoms with E-state index in [2.05, 4.69) is 5.32 Å². The summed E-state index contributed by atoms with van der Waals surface area (Å²) in [5.41, 5.74) is 2.63. The quantitative estimate of drug-likeness (QED) is 0.521. The van der Waals surface area contributed by atoms with E-state index in [1.54, 1.807) is 30.3 Å². The van der Waals surface area contributed by atoms with Gasteiger partial charge in [-0.2, -0.15) is 0 Å².